The van der Waals surface area contributed by atoms with Gasteiger partial charge in [0.05, 0.1) is 28.6 Å². The van der Waals surface area contributed by atoms with E-state index in [0.717, 1.165) is 65.3 Å². The summed E-state index contributed by atoms with van der Waals surface area (Å²) in [6, 6.07) is 13.7. The Hall–Kier alpha value is -1.39. The van der Waals surface area contributed by atoms with E-state index in [1.54, 1.807) is 28.2 Å². The van der Waals surface area contributed by atoms with Crippen molar-refractivity contribution in [2.75, 3.05) is 19.7 Å². The van der Waals surface area contributed by atoms with E-state index in [9.17, 15) is 8.42 Å². The number of piperidine rings is 1. The summed E-state index contributed by atoms with van der Waals surface area (Å²) in [5.41, 5.74) is 2.90. The molecule has 182 valence electrons. The van der Waals surface area contributed by atoms with Crippen molar-refractivity contribution in [1.29, 1.82) is 0 Å². The minimum atomic E-state index is -3.52. The third-order valence-corrected chi connectivity index (χ3v) is 10.1. The molecule has 0 radical (unpaired) electrons. The first kappa shape index (κ1) is 24.3. The molecule has 0 N–H and O–H groups in total. The van der Waals surface area contributed by atoms with Crippen molar-refractivity contribution in [1.82, 2.24) is 13.9 Å². The number of halogens is 1. The minimum absolute atomic E-state index is 0.169. The maximum absolute atomic E-state index is 13.3. The van der Waals surface area contributed by atoms with Crippen LogP contribution in [0.1, 0.15) is 38.2 Å². The number of thioether (sulfide) groups is 1. The number of imidazole rings is 1. The van der Waals surface area contributed by atoms with Crippen molar-refractivity contribution in [3.63, 3.8) is 0 Å². The number of benzene rings is 2. The van der Waals surface area contributed by atoms with Crippen molar-refractivity contribution in [3.05, 3.63) is 52.5 Å². The van der Waals surface area contributed by atoms with E-state index in [-0.39, 0.29) is 6.10 Å². The van der Waals surface area contributed by atoms with Crippen molar-refractivity contribution >= 4 is 48.7 Å². The molecule has 9 heteroatoms. The molecular formula is C25H30BrN3O3S2. The molecule has 3 heterocycles. The zero-order valence-corrected chi connectivity index (χ0v) is 22.5. The van der Waals surface area contributed by atoms with E-state index in [2.05, 4.69) is 39.6 Å². The van der Waals surface area contributed by atoms with E-state index in [4.69, 9.17) is 9.72 Å². The summed E-state index contributed by atoms with van der Waals surface area (Å²) in [6.45, 7) is 4.82. The highest BCUT2D eigenvalue weighted by Gasteiger charge is 2.29. The van der Waals surface area contributed by atoms with Crippen LogP contribution in [0.5, 0.6) is 0 Å². The molecule has 0 aliphatic carbocycles. The second kappa shape index (κ2) is 10.3. The smallest absolute Gasteiger partial charge is 0.243 e. The van der Waals surface area contributed by atoms with Gasteiger partial charge in [0.1, 0.15) is 0 Å². The van der Waals surface area contributed by atoms with Gasteiger partial charge in [-0.2, -0.15) is 4.31 Å². The fourth-order valence-corrected chi connectivity index (χ4v) is 7.63. The van der Waals surface area contributed by atoms with Gasteiger partial charge in [0.2, 0.25) is 10.0 Å². The van der Waals surface area contributed by atoms with Gasteiger partial charge in [0.25, 0.3) is 0 Å². The number of hydrogen-bond acceptors (Lipinski definition) is 5. The highest BCUT2D eigenvalue weighted by Crippen LogP contribution is 2.31. The molecule has 2 aliphatic rings. The standard InChI is InChI=1S/C25H30BrN3O3S2/c1-18-4-2-12-28(15-18)34(30,31)22-10-11-24-23(14-22)27-25(29(24)16-21-5-3-13-32-21)33-17-19-6-8-20(26)9-7-19/h6-11,14,18,21H,2-5,12-13,15-17H2,1H3/t18-,21-/m0/s1. The highest BCUT2D eigenvalue weighted by molar-refractivity contribution is 9.10. The van der Waals surface area contributed by atoms with Gasteiger partial charge in [-0.15, -0.1) is 0 Å². The Morgan fingerprint density at radius 2 is 1.97 bits per heavy atom. The Morgan fingerprint density at radius 3 is 2.71 bits per heavy atom. The molecule has 0 amide bonds. The van der Waals surface area contributed by atoms with Gasteiger partial charge in [0, 0.05) is 29.9 Å². The summed E-state index contributed by atoms with van der Waals surface area (Å²) < 4.78 is 37.5. The molecule has 0 bridgehead atoms. The van der Waals surface area contributed by atoms with Gasteiger partial charge >= 0.3 is 0 Å². The van der Waals surface area contributed by atoms with E-state index in [1.807, 2.05) is 18.2 Å². The lowest BCUT2D eigenvalue weighted by Crippen LogP contribution is -2.39. The zero-order chi connectivity index (χ0) is 23.7. The van der Waals surface area contributed by atoms with Gasteiger partial charge in [-0.1, -0.05) is 46.7 Å². The second-order valence-electron chi connectivity index (χ2n) is 9.32. The van der Waals surface area contributed by atoms with E-state index >= 15 is 0 Å². The topological polar surface area (TPSA) is 64.4 Å². The van der Waals surface area contributed by atoms with Crippen LogP contribution in [0, 0.1) is 5.92 Å². The average molecular weight is 565 g/mol. The van der Waals surface area contributed by atoms with Crippen molar-refractivity contribution in [2.24, 2.45) is 5.92 Å². The summed E-state index contributed by atoms with van der Waals surface area (Å²) in [5, 5.41) is 0.898. The first-order chi connectivity index (χ1) is 16.4. The molecule has 1 aromatic heterocycles. The van der Waals surface area contributed by atoms with Crippen LogP contribution in [0.4, 0.5) is 0 Å². The Kier molecular flexibility index (Phi) is 7.37. The van der Waals surface area contributed by atoms with E-state index in [0.29, 0.717) is 23.9 Å². The maximum atomic E-state index is 13.3. The number of ether oxygens (including phenoxy) is 1. The fraction of sp³-hybridized carbons (Fsp3) is 0.480. The summed E-state index contributed by atoms with van der Waals surface area (Å²) >= 11 is 5.17. The molecule has 2 atom stereocenters. The van der Waals surface area contributed by atoms with Crippen LogP contribution >= 0.6 is 27.7 Å². The SMILES string of the molecule is C[C@H]1CCCN(S(=O)(=O)c2ccc3c(c2)nc(SCc2ccc(Br)cc2)n3C[C@@H]2CCCO2)C1. The molecule has 3 aromatic rings. The normalized spacial score (nSPS) is 21.9. The Morgan fingerprint density at radius 1 is 1.15 bits per heavy atom. The molecule has 0 saturated carbocycles. The Labute approximate surface area is 214 Å². The van der Waals surface area contributed by atoms with Gasteiger partial charge in [-0.25, -0.2) is 13.4 Å². The van der Waals surface area contributed by atoms with Crippen LogP contribution in [0.3, 0.4) is 0 Å². The van der Waals surface area contributed by atoms with Crippen LogP contribution in [-0.4, -0.2) is 48.1 Å². The number of hydrogen-bond donors (Lipinski definition) is 0. The van der Waals surface area contributed by atoms with Crippen LogP contribution in [-0.2, 0) is 27.1 Å². The lowest BCUT2D eigenvalue weighted by atomic mass is 10.0. The van der Waals surface area contributed by atoms with Gasteiger partial charge in [-0.05, 0) is 67.5 Å². The monoisotopic (exact) mass is 563 g/mol. The summed E-state index contributed by atoms with van der Waals surface area (Å²) in [5.74, 6) is 1.18. The highest BCUT2D eigenvalue weighted by atomic mass is 79.9. The number of sulfonamides is 1. The van der Waals surface area contributed by atoms with Gasteiger partial charge in [0.15, 0.2) is 5.16 Å². The molecular weight excluding hydrogens is 534 g/mol. The minimum Gasteiger partial charge on any atom is -0.376 e. The van der Waals surface area contributed by atoms with Crippen molar-refractivity contribution < 1.29 is 13.2 Å². The van der Waals surface area contributed by atoms with Crippen LogP contribution in [0.25, 0.3) is 11.0 Å². The third-order valence-electron chi connectivity index (χ3n) is 6.63. The first-order valence-electron chi connectivity index (χ1n) is 11.9. The molecule has 34 heavy (non-hydrogen) atoms. The molecule has 5 rings (SSSR count). The van der Waals surface area contributed by atoms with Crippen LogP contribution in [0.15, 0.2) is 57.0 Å². The molecule has 0 spiro atoms. The number of fused-ring (bicyclic) bond motifs is 1. The number of nitrogens with zero attached hydrogens (tertiary/aromatic N) is 3. The molecule has 2 saturated heterocycles. The average Bonchev–Trinajstić information content (AvgIpc) is 3.46. The number of rotatable bonds is 7. The van der Waals surface area contributed by atoms with Crippen LogP contribution < -0.4 is 0 Å². The second-order valence-corrected chi connectivity index (χ2v) is 13.1. The molecule has 2 fully saturated rings. The lowest BCUT2D eigenvalue weighted by Gasteiger charge is -2.30. The number of aromatic nitrogens is 2. The summed E-state index contributed by atoms with van der Waals surface area (Å²) in [6.07, 6.45) is 4.28. The van der Waals surface area contributed by atoms with E-state index < -0.39 is 10.0 Å². The Bertz CT molecular complexity index is 1250. The summed E-state index contributed by atoms with van der Waals surface area (Å²) in [7, 11) is -3.52. The van der Waals surface area contributed by atoms with Crippen molar-refractivity contribution in [3.8, 4) is 0 Å². The maximum Gasteiger partial charge on any atom is 0.243 e. The largest absolute Gasteiger partial charge is 0.376 e. The quantitative estimate of drug-likeness (QED) is 0.345. The summed E-state index contributed by atoms with van der Waals surface area (Å²) in [4.78, 5) is 5.23. The zero-order valence-electron chi connectivity index (χ0n) is 19.3. The third kappa shape index (κ3) is 5.23. The van der Waals surface area contributed by atoms with Gasteiger partial charge in [-0.3, -0.25) is 0 Å². The first-order valence-corrected chi connectivity index (χ1v) is 15.1. The lowest BCUT2D eigenvalue weighted by molar-refractivity contribution is 0.0960. The van der Waals surface area contributed by atoms with E-state index in [1.165, 1.54) is 5.56 Å². The van der Waals surface area contributed by atoms with Gasteiger partial charge < -0.3 is 9.30 Å². The Balaban J connectivity index is 1.46. The predicted octanol–water partition coefficient (Wildman–Crippen LogP) is 5.69. The van der Waals surface area contributed by atoms with Crippen molar-refractivity contribution in [2.45, 2.75) is 61.1 Å². The fourth-order valence-electron chi connectivity index (χ4n) is 4.77. The molecule has 2 aromatic carbocycles. The molecule has 0 unspecified atom stereocenters. The molecule has 2 aliphatic heterocycles. The molecule has 6 nitrogen and oxygen atoms in total. The predicted molar refractivity (Wildman–Crippen MR) is 140 cm³/mol. The van der Waals surface area contributed by atoms with Crippen LogP contribution in [0.2, 0.25) is 0 Å².